The second-order valence-corrected chi connectivity index (χ2v) is 6.46. The summed E-state index contributed by atoms with van der Waals surface area (Å²) in [6, 6.07) is 9.70. The lowest BCUT2D eigenvalue weighted by molar-refractivity contribution is -0.137. The van der Waals surface area contributed by atoms with Crippen LogP contribution in [0.2, 0.25) is 5.02 Å². The minimum absolute atomic E-state index is 0.0875. The second-order valence-electron chi connectivity index (χ2n) is 6.08. The van der Waals surface area contributed by atoms with Crippen LogP contribution < -0.4 is 0 Å². The Balaban J connectivity index is 1.93. The molecular formula is C20H14ClF3N4O. The Morgan fingerprint density at radius 1 is 1.17 bits per heavy atom. The van der Waals surface area contributed by atoms with Gasteiger partial charge in [0.15, 0.2) is 0 Å². The quantitative estimate of drug-likeness (QED) is 0.478. The van der Waals surface area contributed by atoms with Crippen molar-refractivity contribution in [2.45, 2.75) is 26.4 Å². The Bertz CT molecular complexity index is 1110. The summed E-state index contributed by atoms with van der Waals surface area (Å²) in [5.41, 5.74) is 1.64. The van der Waals surface area contributed by atoms with Gasteiger partial charge in [0.2, 0.25) is 5.89 Å². The van der Waals surface area contributed by atoms with Gasteiger partial charge >= 0.3 is 6.18 Å². The lowest BCUT2D eigenvalue weighted by Gasteiger charge is -2.06. The van der Waals surface area contributed by atoms with E-state index in [9.17, 15) is 13.2 Å². The molecule has 0 N–H and O–H groups in total. The fourth-order valence-electron chi connectivity index (χ4n) is 2.56. The van der Waals surface area contributed by atoms with E-state index in [1.54, 1.807) is 19.1 Å². The number of nitrogens with zero attached hydrogens (tertiary/aromatic N) is 4. The van der Waals surface area contributed by atoms with Gasteiger partial charge in [-0.15, -0.1) is 10.2 Å². The monoisotopic (exact) mass is 418 g/mol. The Morgan fingerprint density at radius 2 is 1.86 bits per heavy atom. The number of hydrogen-bond donors (Lipinski definition) is 0. The molecule has 0 spiro atoms. The zero-order chi connectivity index (χ0) is 21.2. The highest BCUT2D eigenvalue weighted by atomic mass is 35.5. The van der Waals surface area contributed by atoms with Crippen molar-refractivity contribution in [2.24, 2.45) is 4.99 Å². The summed E-state index contributed by atoms with van der Waals surface area (Å²) in [6.07, 6.45) is -3.95. The lowest BCUT2D eigenvalue weighted by Crippen LogP contribution is -2.03. The normalized spacial score (nSPS) is 12.1. The van der Waals surface area contributed by atoms with E-state index in [0.29, 0.717) is 39.5 Å². The number of halogens is 4. The lowest BCUT2D eigenvalue weighted by atomic mass is 10.1. The smallest absolute Gasteiger partial charge is 0.415 e. The van der Waals surface area contributed by atoms with E-state index in [2.05, 4.69) is 15.2 Å². The zero-order valence-corrected chi connectivity index (χ0v) is 16.1. The van der Waals surface area contributed by atoms with Gasteiger partial charge in [0, 0.05) is 5.56 Å². The third kappa shape index (κ3) is 4.30. The van der Waals surface area contributed by atoms with Crippen molar-refractivity contribution >= 4 is 23.0 Å². The number of benzene rings is 2. The third-order valence-electron chi connectivity index (χ3n) is 4.20. The highest BCUT2D eigenvalue weighted by Crippen LogP contribution is 2.32. The van der Waals surface area contributed by atoms with E-state index in [0.717, 1.165) is 12.1 Å². The number of alkyl halides is 3. The molecule has 9 heteroatoms. The van der Waals surface area contributed by atoms with Gasteiger partial charge in [-0.25, -0.2) is 4.99 Å². The molecule has 0 unspecified atom stereocenters. The van der Waals surface area contributed by atoms with E-state index in [4.69, 9.17) is 21.3 Å². The first-order chi connectivity index (χ1) is 13.7. The van der Waals surface area contributed by atoms with Crippen molar-refractivity contribution in [3.05, 3.63) is 64.0 Å². The standard InChI is InChI=1S/C20H14ClF3N4O/c1-3-15(26-16-9-6-13(10-25)17(21)11(16)2)19-28-27-18(29-19)12-4-7-14(8-5-12)20(22,23)24/h4-9H,3H2,1-2H3. The van der Waals surface area contributed by atoms with Gasteiger partial charge < -0.3 is 4.42 Å². The van der Waals surface area contributed by atoms with E-state index < -0.39 is 11.7 Å². The average molecular weight is 419 g/mol. The van der Waals surface area contributed by atoms with Crippen LogP contribution >= 0.6 is 11.6 Å². The first-order valence-electron chi connectivity index (χ1n) is 8.52. The molecule has 3 aromatic rings. The van der Waals surface area contributed by atoms with Crippen molar-refractivity contribution in [2.75, 3.05) is 0 Å². The molecule has 5 nitrogen and oxygen atoms in total. The van der Waals surface area contributed by atoms with Crippen LogP contribution in [0.25, 0.3) is 11.5 Å². The highest BCUT2D eigenvalue weighted by Gasteiger charge is 2.30. The van der Waals surface area contributed by atoms with Gasteiger partial charge in [-0.2, -0.15) is 18.4 Å². The van der Waals surface area contributed by atoms with Crippen LogP contribution in [0.15, 0.2) is 45.8 Å². The van der Waals surface area contributed by atoms with E-state index in [-0.39, 0.29) is 11.8 Å². The van der Waals surface area contributed by atoms with E-state index in [1.807, 2.05) is 13.0 Å². The topological polar surface area (TPSA) is 75.1 Å². The summed E-state index contributed by atoms with van der Waals surface area (Å²) in [6.45, 7) is 3.60. The van der Waals surface area contributed by atoms with Crippen molar-refractivity contribution in [3.8, 4) is 17.5 Å². The summed E-state index contributed by atoms with van der Waals surface area (Å²) in [5.74, 6) is 0.242. The number of hydrogen-bond acceptors (Lipinski definition) is 5. The first kappa shape index (κ1) is 20.6. The van der Waals surface area contributed by atoms with Crippen LogP contribution in [0.3, 0.4) is 0 Å². The van der Waals surface area contributed by atoms with Gasteiger partial charge in [0.1, 0.15) is 11.8 Å². The van der Waals surface area contributed by atoms with Gasteiger partial charge in [-0.3, -0.25) is 0 Å². The van der Waals surface area contributed by atoms with Crippen LogP contribution in [-0.4, -0.2) is 15.9 Å². The fourth-order valence-corrected chi connectivity index (χ4v) is 2.77. The molecule has 29 heavy (non-hydrogen) atoms. The summed E-state index contributed by atoms with van der Waals surface area (Å²) in [7, 11) is 0. The van der Waals surface area contributed by atoms with Crippen LogP contribution in [0, 0.1) is 18.3 Å². The van der Waals surface area contributed by atoms with Gasteiger partial charge in [-0.1, -0.05) is 18.5 Å². The minimum Gasteiger partial charge on any atom is -0.415 e. The van der Waals surface area contributed by atoms with E-state index in [1.165, 1.54) is 12.1 Å². The Morgan fingerprint density at radius 3 is 2.45 bits per heavy atom. The SMILES string of the molecule is CCC(=Nc1ccc(C#N)c(Cl)c1C)c1nnc(-c2ccc(C(F)(F)F)cc2)o1. The molecule has 0 saturated carbocycles. The molecule has 0 aliphatic heterocycles. The predicted molar refractivity (Wildman–Crippen MR) is 102 cm³/mol. The maximum absolute atomic E-state index is 12.7. The maximum atomic E-state index is 12.7. The molecule has 2 aromatic carbocycles. The molecular weight excluding hydrogens is 405 g/mol. The molecule has 1 heterocycles. The molecule has 0 radical (unpaired) electrons. The molecule has 0 fully saturated rings. The van der Waals surface area contributed by atoms with Crippen molar-refractivity contribution in [1.29, 1.82) is 5.26 Å². The largest absolute Gasteiger partial charge is 0.416 e. The zero-order valence-electron chi connectivity index (χ0n) is 15.4. The molecule has 0 aliphatic rings. The number of aromatic nitrogens is 2. The second kappa shape index (κ2) is 8.05. The molecule has 148 valence electrons. The first-order valence-corrected chi connectivity index (χ1v) is 8.90. The summed E-state index contributed by atoms with van der Waals surface area (Å²) in [5, 5.41) is 17.2. The number of aliphatic imine (C=N–C) groups is 1. The Labute approximate surface area is 169 Å². The fraction of sp³-hybridized carbons (Fsp3) is 0.200. The average Bonchev–Trinajstić information content (AvgIpc) is 3.18. The van der Waals surface area contributed by atoms with Crippen LogP contribution in [0.4, 0.5) is 18.9 Å². The maximum Gasteiger partial charge on any atom is 0.416 e. The molecule has 3 rings (SSSR count). The van der Waals surface area contributed by atoms with Gasteiger partial charge in [-0.05, 0) is 55.3 Å². The van der Waals surface area contributed by atoms with E-state index >= 15 is 0 Å². The number of rotatable bonds is 4. The highest BCUT2D eigenvalue weighted by molar-refractivity contribution is 6.32. The molecule has 0 saturated heterocycles. The Hall–Kier alpha value is -3.18. The Kier molecular flexibility index (Phi) is 5.71. The van der Waals surface area contributed by atoms with Crippen LogP contribution in [0.1, 0.15) is 35.9 Å². The van der Waals surface area contributed by atoms with Gasteiger partial charge in [0.25, 0.3) is 5.89 Å². The van der Waals surface area contributed by atoms with Crippen molar-refractivity contribution in [3.63, 3.8) is 0 Å². The molecule has 0 aliphatic carbocycles. The predicted octanol–water partition coefficient (Wildman–Crippen LogP) is 6.12. The minimum atomic E-state index is -4.42. The van der Waals surface area contributed by atoms with Crippen molar-refractivity contribution in [1.82, 2.24) is 10.2 Å². The molecule has 0 atom stereocenters. The van der Waals surface area contributed by atoms with Gasteiger partial charge in [0.05, 0.1) is 21.8 Å². The third-order valence-corrected chi connectivity index (χ3v) is 4.69. The van der Waals surface area contributed by atoms with Crippen LogP contribution in [-0.2, 0) is 6.18 Å². The summed E-state index contributed by atoms with van der Waals surface area (Å²) >= 11 is 6.18. The summed E-state index contributed by atoms with van der Waals surface area (Å²) in [4.78, 5) is 4.51. The molecule has 0 amide bonds. The number of nitriles is 1. The molecule has 0 bridgehead atoms. The molecule has 1 aromatic heterocycles. The van der Waals surface area contributed by atoms with Crippen molar-refractivity contribution < 1.29 is 17.6 Å². The van der Waals surface area contributed by atoms with Crippen LogP contribution in [0.5, 0.6) is 0 Å². The summed E-state index contributed by atoms with van der Waals surface area (Å²) < 4.78 is 43.7.